The van der Waals surface area contributed by atoms with E-state index in [0.717, 1.165) is 32.0 Å². The van der Waals surface area contributed by atoms with Crippen LogP contribution < -0.4 is 5.32 Å². The van der Waals surface area contributed by atoms with Crippen molar-refractivity contribution in [2.24, 2.45) is 5.92 Å². The summed E-state index contributed by atoms with van der Waals surface area (Å²) in [6.45, 7) is 11.2. The minimum atomic E-state index is 0.727. The van der Waals surface area contributed by atoms with Crippen LogP contribution in [0.3, 0.4) is 0 Å². The van der Waals surface area contributed by atoms with Gasteiger partial charge in [0.15, 0.2) is 0 Å². The molecule has 0 aromatic heterocycles. The van der Waals surface area contributed by atoms with E-state index in [1.807, 2.05) is 0 Å². The number of hydrogen-bond acceptors (Lipinski definition) is 2. The Labute approximate surface area is 131 Å². The van der Waals surface area contributed by atoms with E-state index in [2.05, 4.69) is 62.3 Å². The van der Waals surface area contributed by atoms with Crippen molar-refractivity contribution in [3.63, 3.8) is 0 Å². The zero-order valence-corrected chi connectivity index (χ0v) is 14.5. The Bertz CT molecular complexity index is 374. The molecular formula is C19H34N2. The molecule has 0 spiro atoms. The van der Waals surface area contributed by atoms with E-state index in [1.54, 1.807) is 0 Å². The van der Waals surface area contributed by atoms with Crippen LogP contribution in [0.25, 0.3) is 0 Å². The van der Waals surface area contributed by atoms with E-state index in [-0.39, 0.29) is 0 Å². The van der Waals surface area contributed by atoms with Crippen molar-refractivity contribution < 1.29 is 0 Å². The van der Waals surface area contributed by atoms with Gasteiger partial charge in [-0.3, -0.25) is 0 Å². The number of hydrogen-bond donors (Lipinski definition) is 1. The zero-order chi connectivity index (χ0) is 15.5. The number of nitrogens with zero attached hydrogens (tertiary/aromatic N) is 1. The van der Waals surface area contributed by atoms with Crippen molar-refractivity contribution in [3.8, 4) is 0 Å². The summed E-state index contributed by atoms with van der Waals surface area (Å²) < 4.78 is 0. The lowest BCUT2D eigenvalue weighted by atomic mass is 10.0. The van der Waals surface area contributed by atoms with Crippen molar-refractivity contribution in [1.82, 2.24) is 10.2 Å². The van der Waals surface area contributed by atoms with Gasteiger partial charge in [-0.25, -0.2) is 0 Å². The monoisotopic (exact) mass is 290 g/mol. The molecule has 1 N–H and O–H groups in total. The molecule has 0 aliphatic rings. The van der Waals surface area contributed by atoms with Gasteiger partial charge in [0.25, 0.3) is 0 Å². The zero-order valence-electron chi connectivity index (χ0n) is 14.5. The maximum atomic E-state index is 3.54. The summed E-state index contributed by atoms with van der Waals surface area (Å²) in [5, 5.41) is 3.54. The third kappa shape index (κ3) is 8.23. The van der Waals surface area contributed by atoms with Gasteiger partial charge in [0, 0.05) is 6.54 Å². The van der Waals surface area contributed by atoms with Crippen LogP contribution in [0.5, 0.6) is 0 Å². The van der Waals surface area contributed by atoms with E-state index in [0.29, 0.717) is 0 Å². The van der Waals surface area contributed by atoms with Crippen LogP contribution in [0.2, 0.25) is 0 Å². The maximum Gasteiger partial charge on any atom is 0.0233 e. The van der Waals surface area contributed by atoms with Gasteiger partial charge in [-0.05, 0) is 56.6 Å². The summed E-state index contributed by atoms with van der Waals surface area (Å²) in [5.74, 6) is 0.727. The highest BCUT2D eigenvalue weighted by Crippen LogP contribution is 2.12. The highest BCUT2D eigenvalue weighted by Gasteiger charge is 2.05. The first kappa shape index (κ1) is 18.2. The predicted molar refractivity (Wildman–Crippen MR) is 93.7 cm³/mol. The molecule has 0 saturated carbocycles. The lowest BCUT2D eigenvalue weighted by Crippen LogP contribution is -2.23. The molecule has 0 atom stereocenters. The molecule has 120 valence electrons. The Kier molecular flexibility index (Phi) is 9.36. The molecule has 0 radical (unpaired) electrons. The highest BCUT2D eigenvalue weighted by molar-refractivity contribution is 5.27. The van der Waals surface area contributed by atoms with Gasteiger partial charge in [0.2, 0.25) is 0 Å². The fourth-order valence-corrected chi connectivity index (χ4v) is 2.57. The molecule has 0 amide bonds. The molecule has 0 heterocycles. The molecule has 21 heavy (non-hydrogen) atoms. The topological polar surface area (TPSA) is 15.3 Å². The number of nitrogens with one attached hydrogen (secondary N) is 1. The fraction of sp³-hybridized carbons (Fsp3) is 0.684. The summed E-state index contributed by atoms with van der Waals surface area (Å²) in [4.78, 5) is 2.45. The second-order valence-corrected chi connectivity index (χ2v) is 6.56. The van der Waals surface area contributed by atoms with Gasteiger partial charge in [0.05, 0.1) is 0 Å². The van der Waals surface area contributed by atoms with Gasteiger partial charge in [-0.2, -0.15) is 0 Å². The molecule has 1 aromatic rings. The molecule has 2 heteroatoms. The largest absolute Gasteiger partial charge is 0.316 e. The molecule has 0 bridgehead atoms. The molecular weight excluding hydrogens is 256 g/mol. The normalized spacial score (nSPS) is 11.5. The molecule has 0 fully saturated rings. The first-order valence-electron chi connectivity index (χ1n) is 8.59. The Balaban J connectivity index is 2.42. The first-order valence-corrected chi connectivity index (χ1v) is 8.59. The second kappa shape index (κ2) is 10.8. The Hall–Kier alpha value is -0.860. The van der Waals surface area contributed by atoms with Crippen LogP contribution in [-0.4, -0.2) is 31.6 Å². The van der Waals surface area contributed by atoms with E-state index in [1.165, 1.54) is 36.9 Å². The number of unbranched alkanes of at least 4 members (excludes halogenated alkanes) is 2. The third-order valence-corrected chi connectivity index (χ3v) is 3.83. The number of benzene rings is 1. The maximum absolute atomic E-state index is 3.54. The Morgan fingerprint density at radius 2 is 1.81 bits per heavy atom. The van der Waals surface area contributed by atoms with Crippen molar-refractivity contribution in [3.05, 3.63) is 35.4 Å². The van der Waals surface area contributed by atoms with Crippen LogP contribution in [-0.2, 0) is 13.0 Å². The van der Waals surface area contributed by atoms with Crippen LogP contribution >= 0.6 is 0 Å². The van der Waals surface area contributed by atoms with E-state index in [9.17, 15) is 0 Å². The molecule has 0 aliphatic carbocycles. The quantitative estimate of drug-likeness (QED) is 0.617. The van der Waals surface area contributed by atoms with Gasteiger partial charge in [0.1, 0.15) is 0 Å². The Morgan fingerprint density at radius 3 is 2.48 bits per heavy atom. The molecule has 0 saturated heterocycles. The van der Waals surface area contributed by atoms with Crippen LogP contribution in [0.15, 0.2) is 24.3 Å². The van der Waals surface area contributed by atoms with Gasteiger partial charge in [-0.1, -0.05) is 57.9 Å². The summed E-state index contributed by atoms with van der Waals surface area (Å²) in [7, 11) is 2.24. The summed E-state index contributed by atoms with van der Waals surface area (Å²) in [5.41, 5.74) is 2.99. The summed E-state index contributed by atoms with van der Waals surface area (Å²) in [6.07, 6.45) is 5.08. The highest BCUT2D eigenvalue weighted by atomic mass is 15.1. The van der Waals surface area contributed by atoms with Crippen molar-refractivity contribution >= 4 is 0 Å². The Morgan fingerprint density at radius 1 is 1.10 bits per heavy atom. The van der Waals surface area contributed by atoms with Crippen LogP contribution in [0.1, 0.15) is 51.2 Å². The van der Waals surface area contributed by atoms with E-state index in [4.69, 9.17) is 0 Å². The minimum absolute atomic E-state index is 0.727. The van der Waals surface area contributed by atoms with Gasteiger partial charge in [-0.15, -0.1) is 0 Å². The van der Waals surface area contributed by atoms with Crippen LogP contribution in [0, 0.1) is 5.92 Å². The van der Waals surface area contributed by atoms with Crippen molar-refractivity contribution in [2.75, 3.05) is 26.7 Å². The SMILES string of the molecule is CCCCCN(C)Cc1ccccc1CCNCC(C)C. The van der Waals surface area contributed by atoms with Crippen LogP contribution in [0.4, 0.5) is 0 Å². The summed E-state index contributed by atoms with van der Waals surface area (Å²) >= 11 is 0. The van der Waals surface area contributed by atoms with Gasteiger partial charge < -0.3 is 10.2 Å². The smallest absolute Gasteiger partial charge is 0.0233 e. The van der Waals surface area contributed by atoms with Gasteiger partial charge >= 0.3 is 0 Å². The van der Waals surface area contributed by atoms with E-state index >= 15 is 0 Å². The fourth-order valence-electron chi connectivity index (χ4n) is 2.57. The summed E-state index contributed by atoms with van der Waals surface area (Å²) in [6, 6.07) is 8.90. The predicted octanol–water partition coefficient (Wildman–Crippen LogP) is 4.10. The molecule has 1 rings (SSSR count). The van der Waals surface area contributed by atoms with E-state index < -0.39 is 0 Å². The second-order valence-electron chi connectivity index (χ2n) is 6.56. The number of rotatable bonds is 11. The van der Waals surface area contributed by atoms with Crippen molar-refractivity contribution in [2.45, 2.75) is 53.0 Å². The first-order chi connectivity index (χ1) is 10.1. The third-order valence-electron chi connectivity index (χ3n) is 3.83. The lowest BCUT2D eigenvalue weighted by Gasteiger charge is -2.19. The molecule has 0 unspecified atom stereocenters. The average Bonchev–Trinajstić information content (AvgIpc) is 2.45. The lowest BCUT2D eigenvalue weighted by molar-refractivity contribution is 0.317. The average molecular weight is 290 g/mol. The van der Waals surface area contributed by atoms with Crippen molar-refractivity contribution in [1.29, 1.82) is 0 Å². The molecule has 1 aromatic carbocycles. The molecule has 0 aliphatic heterocycles. The molecule has 2 nitrogen and oxygen atoms in total. The minimum Gasteiger partial charge on any atom is -0.316 e. The standard InChI is InChI=1S/C19H34N2/c1-5-6-9-14-21(4)16-19-11-8-7-10-18(19)12-13-20-15-17(2)3/h7-8,10-11,17,20H,5-6,9,12-16H2,1-4H3.